The van der Waals surface area contributed by atoms with Crippen LogP contribution in [0.1, 0.15) is 12.0 Å². The standard InChI is InChI=1S/C14H18N2O3/c15-12(9-3-4-18-7-9)8-19-11-1-2-13-10(5-11)6-14(17)16-13/h1-2,5,9,12H,3-4,6-8,15H2,(H,16,17)/t9?,12-/m0/s1. The van der Waals surface area contributed by atoms with E-state index in [2.05, 4.69) is 5.32 Å². The Morgan fingerprint density at radius 1 is 1.53 bits per heavy atom. The predicted molar refractivity (Wildman–Crippen MR) is 71.2 cm³/mol. The molecule has 1 fully saturated rings. The Bertz CT molecular complexity index is 484. The monoisotopic (exact) mass is 262 g/mol. The summed E-state index contributed by atoms with van der Waals surface area (Å²) in [5.41, 5.74) is 7.96. The highest BCUT2D eigenvalue weighted by Crippen LogP contribution is 2.27. The van der Waals surface area contributed by atoms with Crippen LogP contribution in [0.15, 0.2) is 18.2 Å². The van der Waals surface area contributed by atoms with Crippen molar-refractivity contribution in [2.75, 3.05) is 25.1 Å². The van der Waals surface area contributed by atoms with Gasteiger partial charge in [0.15, 0.2) is 0 Å². The lowest BCUT2D eigenvalue weighted by atomic mass is 10.0. The van der Waals surface area contributed by atoms with Gasteiger partial charge in [-0.3, -0.25) is 4.79 Å². The molecule has 0 bridgehead atoms. The van der Waals surface area contributed by atoms with Gasteiger partial charge in [-0.2, -0.15) is 0 Å². The van der Waals surface area contributed by atoms with E-state index in [1.165, 1.54) is 0 Å². The van der Waals surface area contributed by atoms with Crippen LogP contribution in [0.3, 0.4) is 0 Å². The number of ether oxygens (including phenoxy) is 2. The van der Waals surface area contributed by atoms with E-state index in [0.29, 0.717) is 18.9 Å². The molecule has 3 N–H and O–H groups in total. The van der Waals surface area contributed by atoms with Gasteiger partial charge < -0.3 is 20.5 Å². The second-order valence-corrected chi connectivity index (χ2v) is 5.14. The minimum Gasteiger partial charge on any atom is -0.492 e. The van der Waals surface area contributed by atoms with Gasteiger partial charge in [-0.1, -0.05) is 0 Å². The van der Waals surface area contributed by atoms with Crippen molar-refractivity contribution in [3.8, 4) is 5.75 Å². The van der Waals surface area contributed by atoms with Crippen molar-refractivity contribution in [1.29, 1.82) is 0 Å². The summed E-state index contributed by atoms with van der Waals surface area (Å²) in [6.07, 6.45) is 1.43. The molecule has 2 aliphatic heterocycles. The SMILES string of the molecule is N[C@@H](COc1ccc2c(c1)CC(=O)N2)C1CCOC1. The Morgan fingerprint density at radius 3 is 3.21 bits per heavy atom. The summed E-state index contributed by atoms with van der Waals surface area (Å²) in [4.78, 5) is 11.3. The van der Waals surface area contributed by atoms with Gasteiger partial charge in [0.2, 0.25) is 5.91 Å². The van der Waals surface area contributed by atoms with Crippen LogP contribution < -0.4 is 15.8 Å². The number of hydrogen-bond acceptors (Lipinski definition) is 4. The van der Waals surface area contributed by atoms with Crippen LogP contribution in [-0.4, -0.2) is 31.8 Å². The van der Waals surface area contributed by atoms with Crippen LogP contribution in [0, 0.1) is 5.92 Å². The number of carbonyl (C=O) groups is 1. The molecule has 102 valence electrons. The fourth-order valence-electron chi connectivity index (χ4n) is 2.51. The quantitative estimate of drug-likeness (QED) is 0.846. The molecule has 1 aromatic carbocycles. The Morgan fingerprint density at radius 2 is 2.42 bits per heavy atom. The van der Waals surface area contributed by atoms with E-state index in [9.17, 15) is 4.79 Å². The number of nitrogens with one attached hydrogen (secondary N) is 1. The topological polar surface area (TPSA) is 73.6 Å². The molecule has 3 rings (SSSR count). The van der Waals surface area contributed by atoms with Crippen LogP contribution in [0.25, 0.3) is 0 Å². The maximum atomic E-state index is 11.3. The highest BCUT2D eigenvalue weighted by atomic mass is 16.5. The first kappa shape index (κ1) is 12.4. The zero-order chi connectivity index (χ0) is 13.2. The van der Waals surface area contributed by atoms with Gasteiger partial charge in [0.25, 0.3) is 0 Å². The van der Waals surface area contributed by atoms with Gasteiger partial charge in [-0.25, -0.2) is 0 Å². The highest BCUT2D eigenvalue weighted by molar-refractivity contribution is 5.99. The van der Waals surface area contributed by atoms with E-state index in [1.54, 1.807) is 0 Å². The van der Waals surface area contributed by atoms with Crippen molar-refractivity contribution < 1.29 is 14.3 Å². The van der Waals surface area contributed by atoms with Crippen LogP contribution in [0.5, 0.6) is 5.75 Å². The molecule has 0 spiro atoms. The van der Waals surface area contributed by atoms with Crippen molar-refractivity contribution in [2.24, 2.45) is 11.7 Å². The predicted octanol–water partition coefficient (Wildman–Crippen LogP) is 0.924. The zero-order valence-corrected chi connectivity index (χ0v) is 10.7. The number of fused-ring (bicyclic) bond motifs is 1. The van der Waals surface area contributed by atoms with Crippen molar-refractivity contribution in [3.05, 3.63) is 23.8 Å². The first-order valence-electron chi connectivity index (χ1n) is 6.61. The van der Waals surface area contributed by atoms with E-state index in [-0.39, 0.29) is 11.9 Å². The second kappa shape index (κ2) is 5.19. The Labute approximate surface area is 112 Å². The van der Waals surface area contributed by atoms with E-state index in [1.807, 2.05) is 18.2 Å². The molecule has 0 saturated carbocycles. The Hall–Kier alpha value is -1.59. The van der Waals surface area contributed by atoms with Gasteiger partial charge in [0, 0.05) is 24.3 Å². The summed E-state index contributed by atoms with van der Waals surface area (Å²) in [6, 6.07) is 5.64. The molecular weight excluding hydrogens is 244 g/mol. The molecule has 2 heterocycles. The third-order valence-electron chi connectivity index (χ3n) is 3.71. The summed E-state index contributed by atoms with van der Waals surface area (Å²) >= 11 is 0. The molecular formula is C14H18N2O3. The number of amides is 1. The first-order chi connectivity index (χ1) is 9.22. The molecule has 19 heavy (non-hydrogen) atoms. The van der Waals surface area contributed by atoms with Crippen molar-refractivity contribution >= 4 is 11.6 Å². The lowest BCUT2D eigenvalue weighted by Gasteiger charge is -2.18. The maximum Gasteiger partial charge on any atom is 0.228 e. The summed E-state index contributed by atoms with van der Waals surface area (Å²) in [7, 11) is 0. The Kier molecular flexibility index (Phi) is 3.40. The molecule has 0 aromatic heterocycles. The molecule has 0 aliphatic carbocycles. The fourth-order valence-corrected chi connectivity index (χ4v) is 2.51. The van der Waals surface area contributed by atoms with E-state index >= 15 is 0 Å². The van der Waals surface area contributed by atoms with Gasteiger partial charge in [0.1, 0.15) is 12.4 Å². The number of benzene rings is 1. The molecule has 1 saturated heterocycles. The summed E-state index contributed by atoms with van der Waals surface area (Å²) in [6.45, 7) is 2.01. The minimum atomic E-state index is -0.00416. The lowest BCUT2D eigenvalue weighted by molar-refractivity contribution is -0.115. The average molecular weight is 262 g/mol. The number of hydrogen-bond donors (Lipinski definition) is 2. The molecule has 1 aromatic rings. The molecule has 1 amide bonds. The van der Waals surface area contributed by atoms with E-state index in [4.69, 9.17) is 15.2 Å². The van der Waals surface area contributed by atoms with Crippen molar-refractivity contribution in [2.45, 2.75) is 18.9 Å². The second-order valence-electron chi connectivity index (χ2n) is 5.14. The third-order valence-corrected chi connectivity index (χ3v) is 3.71. The smallest absolute Gasteiger partial charge is 0.228 e. The molecule has 0 radical (unpaired) electrons. The van der Waals surface area contributed by atoms with Gasteiger partial charge in [-0.15, -0.1) is 0 Å². The molecule has 5 heteroatoms. The fraction of sp³-hybridized carbons (Fsp3) is 0.500. The van der Waals surface area contributed by atoms with E-state index < -0.39 is 0 Å². The lowest BCUT2D eigenvalue weighted by Crippen LogP contribution is -2.36. The van der Waals surface area contributed by atoms with E-state index in [0.717, 1.165) is 36.6 Å². The number of anilines is 1. The number of nitrogens with two attached hydrogens (primary N) is 1. The largest absolute Gasteiger partial charge is 0.492 e. The zero-order valence-electron chi connectivity index (χ0n) is 10.7. The maximum absolute atomic E-state index is 11.3. The summed E-state index contributed by atoms with van der Waals surface area (Å²) in [5, 5.41) is 2.80. The minimum absolute atomic E-state index is 0.00416. The van der Waals surface area contributed by atoms with Crippen LogP contribution in [-0.2, 0) is 16.0 Å². The van der Waals surface area contributed by atoms with Crippen molar-refractivity contribution in [3.63, 3.8) is 0 Å². The average Bonchev–Trinajstić information content (AvgIpc) is 3.03. The van der Waals surface area contributed by atoms with Crippen LogP contribution >= 0.6 is 0 Å². The van der Waals surface area contributed by atoms with Gasteiger partial charge >= 0.3 is 0 Å². The summed E-state index contributed by atoms with van der Waals surface area (Å²) in [5.74, 6) is 1.19. The highest BCUT2D eigenvalue weighted by Gasteiger charge is 2.23. The van der Waals surface area contributed by atoms with Gasteiger partial charge in [0.05, 0.1) is 13.0 Å². The molecule has 5 nitrogen and oxygen atoms in total. The van der Waals surface area contributed by atoms with Crippen LogP contribution in [0.4, 0.5) is 5.69 Å². The Balaban J connectivity index is 1.58. The molecule has 2 atom stereocenters. The number of carbonyl (C=O) groups excluding carboxylic acids is 1. The number of rotatable bonds is 4. The van der Waals surface area contributed by atoms with Crippen molar-refractivity contribution in [1.82, 2.24) is 0 Å². The molecule has 1 unspecified atom stereocenters. The first-order valence-corrected chi connectivity index (χ1v) is 6.61. The van der Waals surface area contributed by atoms with Crippen LogP contribution in [0.2, 0.25) is 0 Å². The third kappa shape index (κ3) is 2.72. The summed E-state index contributed by atoms with van der Waals surface area (Å²) < 4.78 is 11.0. The normalized spacial score (nSPS) is 23.0. The molecule has 2 aliphatic rings. The van der Waals surface area contributed by atoms with Gasteiger partial charge in [-0.05, 0) is 30.2 Å².